The van der Waals surface area contributed by atoms with Gasteiger partial charge in [-0.15, -0.1) is 0 Å². The Balaban J connectivity index is 1.79. The van der Waals surface area contributed by atoms with Gasteiger partial charge in [-0.05, 0) is 50.9 Å². The van der Waals surface area contributed by atoms with Crippen molar-refractivity contribution >= 4 is 0 Å². The lowest BCUT2D eigenvalue weighted by atomic mass is 9.95. The molecular weight excluding hydrogens is 210 g/mol. The van der Waals surface area contributed by atoms with Crippen molar-refractivity contribution in [3.63, 3.8) is 0 Å². The first-order chi connectivity index (χ1) is 8.34. The maximum atomic E-state index is 6.06. The highest BCUT2D eigenvalue weighted by Gasteiger charge is 2.31. The highest BCUT2D eigenvalue weighted by Crippen LogP contribution is 2.30. The second kappa shape index (κ2) is 4.69. The minimum absolute atomic E-state index is 0.322. The first-order valence-corrected chi connectivity index (χ1v) is 6.83. The van der Waals surface area contributed by atoms with Crippen LogP contribution >= 0.6 is 0 Å². The molecule has 17 heavy (non-hydrogen) atoms. The molecule has 0 unspecified atom stereocenters. The van der Waals surface area contributed by atoms with E-state index >= 15 is 0 Å². The average molecular weight is 231 g/mol. The van der Waals surface area contributed by atoms with Gasteiger partial charge in [-0.2, -0.15) is 0 Å². The molecule has 2 aliphatic rings. The van der Waals surface area contributed by atoms with Crippen molar-refractivity contribution in [1.82, 2.24) is 4.90 Å². The van der Waals surface area contributed by atoms with Crippen LogP contribution in [0.15, 0.2) is 24.3 Å². The van der Waals surface area contributed by atoms with Crippen LogP contribution in [-0.4, -0.2) is 30.1 Å². The van der Waals surface area contributed by atoms with Gasteiger partial charge in [0, 0.05) is 0 Å². The quantitative estimate of drug-likeness (QED) is 0.737. The van der Waals surface area contributed by atoms with E-state index in [1.807, 2.05) is 0 Å². The van der Waals surface area contributed by atoms with Crippen molar-refractivity contribution < 1.29 is 4.74 Å². The Kier molecular flexibility index (Phi) is 3.06. The van der Waals surface area contributed by atoms with Gasteiger partial charge in [0.1, 0.15) is 11.9 Å². The molecule has 0 aromatic heterocycles. The van der Waals surface area contributed by atoms with E-state index in [-0.39, 0.29) is 0 Å². The fraction of sp³-hybridized carbons (Fsp3) is 0.600. The van der Waals surface area contributed by atoms with Crippen molar-refractivity contribution in [3.05, 3.63) is 29.8 Å². The van der Waals surface area contributed by atoms with Gasteiger partial charge in [0.15, 0.2) is 0 Å². The molecule has 2 aliphatic heterocycles. The van der Waals surface area contributed by atoms with Crippen LogP contribution in [0.2, 0.25) is 0 Å². The van der Waals surface area contributed by atoms with Crippen molar-refractivity contribution in [1.29, 1.82) is 0 Å². The molecule has 2 heterocycles. The molecular formula is C15H21NO. The van der Waals surface area contributed by atoms with E-state index in [4.69, 9.17) is 4.74 Å². The van der Waals surface area contributed by atoms with Crippen molar-refractivity contribution in [2.45, 2.75) is 44.8 Å². The van der Waals surface area contributed by atoms with Crippen LogP contribution < -0.4 is 4.74 Å². The summed E-state index contributed by atoms with van der Waals surface area (Å²) in [5.74, 6) is 1.09. The largest absolute Gasteiger partial charge is 0.489 e. The Labute approximate surface area is 104 Å². The number of nitrogens with zero attached hydrogens (tertiary/aromatic N) is 1. The summed E-state index contributed by atoms with van der Waals surface area (Å²) in [6.07, 6.45) is 5.57. The number of fused-ring (bicyclic) bond motifs is 1. The van der Waals surface area contributed by atoms with Crippen LogP contribution in [0.4, 0.5) is 0 Å². The molecule has 0 aliphatic carbocycles. The first kappa shape index (κ1) is 11.1. The fourth-order valence-electron chi connectivity index (χ4n) is 3.13. The second-order valence-electron chi connectivity index (χ2n) is 5.30. The van der Waals surface area contributed by atoms with Crippen LogP contribution in [0.25, 0.3) is 0 Å². The molecule has 1 aromatic carbocycles. The van der Waals surface area contributed by atoms with Crippen molar-refractivity contribution in [2.24, 2.45) is 0 Å². The number of piperidine rings is 1. The zero-order chi connectivity index (χ0) is 11.7. The van der Waals surface area contributed by atoms with Gasteiger partial charge in [0.05, 0.1) is 6.04 Å². The number of rotatable bonds is 1. The zero-order valence-electron chi connectivity index (χ0n) is 10.6. The zero-order valence-corrected chi connectivity index (χ0v) is 10.6. The van der Waals surface area contributed by atoms with Crippen molar-refractivity contribution in [2.75, 3.05) is 13.1 Å². The summed E-state index contributed by atoms with van der Waals surface area (Å²) in [4.78, 5) is 2.63. The summed E-state index contributed by atoms with van der Waals surface area (Å²) in [7, 11) is 0. The Bertz CT molecular complexity index is 384. The van der Waals surface area contributed by atoms with E-state index in [0.29, 0.717) is 12.1 Å². The van der Waals surface area contributed by atoms with Crippen molar-refractivity contribution in [3.8, 4) is 5.75 Å². The lowest BCUT2D eigenvalue weighted by Gasteiger charge is -2.41. The molecule has 0 saturated carbocycles. The van der Waals surface area contributed by atoms with Gasteiger partial charge < -0.3 is 4.74 Å². The summed E-state index contributed by atoms with van der Waals surface area (Å²) in [5, 5.41) is 0. The molecule has 0 radical (unpaired) electrons. The van der Waals surface area contributed by atoms with E-state index < -0.39 is 0 Å². The van der Waals surface area contributed by atoms with Gasteiger partial charge in [0.2, 0.25) is 0 Å². The molecule has 3 rings (SSSR count). The maximum absolute atomic E-state index is 6.06. The van der Waals surface area contributed by atoms with Gasteiger partial charge >= 0.3 is 0 Å². The lowest BCUT2D eigenvalue weighted by molar-refractivity contribution is 0.0501. The lowest BCUT2D eigenvalue weighted by Crippen LogP contribution is -2.50. The van der Waals surface area contributed by atoms with Gasteiger partial charge in [-0.1, -0.05) is 24.6 Å². The molecule has 1 saturated heterocycles. The second-order valence-corrected chi connectivity index (χ2v) is 5.30. The van der Waals surface area contributed by atoms with E-state index in [9.17, 15) is 0 Å². The summed E-state index contributed by atoms with van der Waals surface area (Å²) in [5.41, 5.74) is 1.38. The third kappa shape index (κ3) is 2.19. The van der Waals surface area contributed by atoms with Gasteiger partial charge in [-0.3, -0.25) is 4.90 Å². The van der Waals surface area contributed by atoms with Gasteiger partial charge in [0.25, 0.3) is 0 Å². The Morgan fingerprint density at radius 1 is 1.12 bits per heavy atom. The topological polar surface area (TPSA) is 12.5 Å². The van der Waals surface area contributed by atoms with E-state index in [2.05, 4.69) is 36.1 Å². The normalized spacial score (nSPS) is 29.5. The molecule has 1 fully saturated rings. The molecule has 0 N–H and O–H groups in total. The summed E-state index contributed by atoms with van der Waals surface area (Å²) in [6.45, 7) is 4.72. The number of para-hydroxylation sites is 1. The number of likely N-dealkylation sites (tertiary alicyclic amines) is 1. The highest BCUT2D eigenvalue weighted by atomic mass is 16.5. The van der Waals surface area contributed by atoms with Gasteiger partial charge in [-0.25, -0.2) is 0 Å². The summed E-state index contributed by atoms with van der Waals surface area (Å²) < 4.78 is 6.06. The third-order valence-electron chi connectivity index (χ3n) is 4.12. The maximum Gasteiger partial charge on any atom is 0.123 e. The Morgan fingerprint density at radius 2 is 1.88 bits per heavy atom. The smallest absolute Gasteiger partial charge is 0.123 e. The van der Waals surface area contributed by atoms with E-state index in [1.165, 1.54) is 37.9 Å². The predicted molar refractivity (Wildman–Crippen MR) is 69.4 cm³/mol. The number of ether oxygens (including phenoxy) is 1. The summed E-state index contributed by atoms with van der Waals surface area (Å²) in [6, 6.07) is 9.06. The van der Waals surface area contributed by atoms with E-state index in [1.54, 1.807) is 0 Å². The molecule has 2 atom stereocenters. The molecule has 0 bridgehead atoms. The number of hydrogen-bond acceptors (Lipinski definition) is 2. The monoisotopic (exact) mass is 231 g/mol. The van der Waals surface area contributed by atoms with Crippen LogP contribution in [0, 0.1) is 0 Å². The molecule has 2 heteroatoms. The minimum atomic E-state index is 0.322. The fourth-order valence-corrected chi connectivity index (χ4v) is 3.13. The van der Waals surface area contributed by atoms with Crippen LogP contribution in [0.5, 0.6) is 5.75 Å². The highest BCUT2D eigenvalue weighted by molar-refractivity contribution is 5.36. The Morgan fingerprint density at radius 3 is 2.71 bits per heavy atom. The number of benzene rings is 1. The SMILES string of the molecule is C[C@H]1Oc2ccccc2C[C@@H]1N1CCCCC1. The predicted octanol–water partition coefficient (Wildman–Crippen LogP) is 2.86. The van der Waals surface area contributed by atoms with Crippen LogP contribution in [0.1, 0.15) is 31.7 Å². The standard InChI is InChI=1S/C15H21NO/c1-12-14(16-9-5-2-6-10-16)11-13-7-3-4-8-15(13)17-12/h3-4,7-8,12,14H,2,5-6,9-11H2,1H3/t12-,14+/m1/s1. The molecule has 0 spiro atoms. The molecule has 0 amide bonds. The Hall–Kier alpha value is -1.02. The van der Waals surface area contributed by atoms with Crippen LogP contribution in [0.3, 0.4) is 0 Å². The molecule has 92 valence electrons. The molecule has 1 aromatic rings. The van der Waals surface area contributed by atoms with E-state index in [0.717, 1.165) is 12.2 Å². The average Bonchev–Trinajstić information content (AvgIpc) is 2.39. The summed E-state index contributed by atoms with van der Waals surface area (Å²) >= 11 is 0. The minimum Gasteiger partial charge on any atom is -0.489 e. The third-order valence-corrected chi connectivity index (χ3v) is 4.12. The van der Waals surface area contributed by atoms with Crippen LogP contribution in [-0.2, 0) is 6.42 Å². The molecule has 2 nitrogen and oxygen atoms in total. The number of hydrogen-bond donors (Lipinski definition) is 0. The first-order valence-electron chi connectivity index (χ1n) is 6.83.